The Hall–Kier alpha value is -3.58. The Balaban J connectivity index is 1.77. The number of rotatable bonds is 3. The SMILES string of the molecule is Cc1cc(/C=C2\C(=O)NC(=S)N(c3cccc(F)c3)C2=O)c(C)n1-c1ccccc1. The quantitative estimate of drug-likeness (QED) is 0.396. The molecule has 2 aromatic carbocycles. The van der Waals surface area contributed by atoms with Gasteiger partial charge in [-0.15, -0.1) is 0 Å². The number of nitrogens with one attached hydrogen (secondary N) is 1. The summed E-state index contributed by atoms with van der Waals surface area (Å²) in [4.78, 5) is 26.8. The monoisotopic (exact) mass is 419 g/mol. The maximum atomic E-state index is 13.7. The maximum Gasteiger partial charge on any atom is 0.270 e. The minimum absolute atomic E-state index is 0.0684. The zero-order valence-electron chi connectivity index (χ0n) is 16.3. The van der Waals surface area contributed by atoms with Crippen LogP contribution in [-0.2, 0) is 9.59 Å². The minimum Gasteiger partial charge on any atom is -0.318 e. The molecule has 0 aliphatic carbocycles. The zero-order valence-corrected chi connectivity index (χ0v) is 17.2. The number of carbonyl (C=O) groups is 2. The molecule has 1 aliphatic rings. The molecule has 5 nitrogen and oxygen atoms in total. The summed E-state index contributed by atoms with van der Waals surface area (Å²) in [5.41, 5.74) is 3.76. The van der Waals surface area contributed by atoms with Gasteiger partial charge in [0, 0.05) is 17.1 Å². The van der Waals surface area contributed by atoms with Gasteiger partial charge in [-0.1, -0.05) is 24.3 Å². The van der Waals surface area contributed by atoms with Crippen LogP contribution < -0.4 is 10.2 Å². The van der Waals surface area contributed by atoms with Crippen LogP contribution in [0.25, 0.3) is 11.8 Å². The molecule has 0 unspecified atom stereocenters. The molecule has 1 saturated heterocycles. The second-order valence-electron chi connectivity index (χ2n) is 6.94. The number of aryl methyl sites for hydroxylation is 1. The first-order chi connectivity index (χ1) is 14.4. The van der Waals surface area contributed by atoms with E-state index in [2.05, 4.69) is 5.32 Å². The summed E-state index contributed by atoms with van der Waals surface area (Å²) in [5, 5.41) is 2.44. The number of hydrogen-bond acceptors (Lipinski definition) is 3. The molecule has 1 N–H and O–H groups in total. The minimum atomic E-state index is -0.598. The van der Waals surface area contributed by atoms with Gasteiger partial charge in [0.15, 0.2) is 5.11 Å². The second kappa shape index (κ2) is 7.68. The molecular weight excluding hydrogens is 401 g/mol. The lowest BCUT2D eigenvalue weighted by atomic mass is 10.1. The first kappa shape index (κ1) is 19.7. The van der Waals surface area contributed by atoms with E-state index in [1.54, 1.807) is 12.1 Å². The van der Waals surface area contributed by atoms with Crippen LogP contribution in [-0.4, -0.2) is 21.5 Å². The van der Waals surface area contributed by atoms with Crippen LogP contribution in [0.15, 0.2) is 66.2 Å². The fraction of sp³-hybridized carbons (Fsp3) is 0.0870. The van der Waals surface area contributed by atoms with E-state index < -0.39 is 17.6 Å². The lowest BCUT2D eigenvalue weighted by molar-refractivity contribution is -0.122. The van der Waals surface area contributed by atoms with Gasteiger partial charge in [0.1, 0.15) is 11.4 Å². The molecule has 2 amide bonds. The number of carbonyl (C=O) groups excluding carboxylic acids is 2. The smallest absolute Gasteiger partial charge is 0.270 e. The Morgan fingerprint density at radius 3 is 2.37 bits per heavy atom. The van der Waals surface area contributed by atoms with Crippen LogP contribution in [0.1, 0.15) is 17.0 Å². The van der Waals surface area contributed by atoms with Crippen molar-refractivity contribution in [1.29, 1.82) is 0 Å². The lowest BCUT2D eigenvalue weighted by Gasteiger charge is -2.28. The summed E-state index contributed by atoms with van der Waals surface area (Å²) in [6.45, 7) is 3.88. The summed E-state index contributed by atoms with van der Waals surface area (Å²) in [5.74, 6) is -1.68. The van der Waals surface area contributed by atoms with Crippen LogP contribution in [0.5, 0.6) is 0 Å². The van der Waals surface area contributed by atoms with Crippen LogP contribution in [0.2, 0.25) is 0 Å². The van der Waals surface area contributed by atoms with Crippen molar-refractivity contribution in [3.8, 4) is 5.69 Å². The van der Waals surface area contributed by atoms with Crippen molar-refractivity contribution in [2.24, 2.45) is 0 Å². The van der Waals surface area contributed by atoms with Crippen molar-refractivity contribution < 1.29 is 14.0 Å². The van der Waals surface area contributed by atoms with Crippen molar-refractivity contribution in [1.82, 2.24) is 9.88 Å². The highest BCUT2D eigenvalue weighted by Gasteiger charge is 2.34. The van der Waals surface area contributed by atoms with E-state index in [0.717, 1.165) is 27.5 Å². The van der Waals surface area contributed by atoms with Crippen LogP contribution >= 0.6 is 12.2 Å². The van der Waals surface area contributed by atoms with Crippen molar-refractivity contribution >= 4 is 40.9 Å². The van der Waals surface area contributed by atoms with Gasteiger partial charge in [0.2, 0.25) is 0 Å². The third-order valence-electron chi connectivity index (χ3n) is 4.95. The van der Waals surface area contributed by atoms with Gasteiger partial charge in [-0.3, -0.25) is 19.8 Å². The molecule has 3 aromatic rings. The molecule has 0 spiro atoms. The molecule has 0 bridgehead atoms. The highest BCUT2D eigenvalue weighted by atomic mass is 32.1. The average molecular weight is 419 g/mol. The van der Waals surface area contributed by atoms with Gasteiger partial charge in [-0.2, -0.15) is 0 Å². The number of para-hydroxylation sites is 1. The Bertz CT molecular complexity index is 1210. The molecule has 0 atom stereocenters. The number of benzene rings is 2. The van der Waals surface area contributed by atoms with Crippen molar-refractivity contribution in [3.05, 3.63) is 89.0 Å². The lowest BCUT2D eigenvalue weighted by Crippen LogP contribution is -2.54. The number of aromatic nitrogens is 1. The normalized spacial score (nSPS) is 15.6. The zero-order chi connectivity index (χ0) is 21.4. The van der Waals surface area contributed by atoms with Crippen LogP contribution in [0, 0.1) is 19.7 Å². The topological polar surface area (TPSA) is 54.3 Å². The highest BCUT2D eigenvalue weighted by molar-refractivity contribution is 7.80. The maximum absolute atomic E-state index is 13.7. The average Bonchev–Trinajstić information content (AvgIpc) is 2.99. The summed E-state index contributed by atoms with van der Waals surface area (Å²) < 4.78 is 15.7. The predicted octanol–water partition coefficient (Wildman–Crippen LogP) is 4.06. The molecule has 0 radical (unpaired) electrons. The largest absolute Gasteiger partial charge is 0.318 e. The van der Waals surface area contributed by atoms with E-state index in [9.17, 15) is 14.0 Å². The number of nitrogens with zero attached hydrogens (tertiary/aromatic N) is 2. The fourth-order valence-corrected chi connectivity index (χ4v) is 3.85. The molecule has 150 valence electrons. The van der Waals surface area contributed by atoms with Crippen molar-refractivity contribution in [2.45, 2.75) is 13.8 Å². The number of anilines is 1. The van der Waals surface area contributed by atoms with Gasteiger partial charge >= 0.3 is 0 Å². The van der Waals surface area contributed by atoms with Gasteiger partial charge in [-0.25, -0.2) is 4.39 Å². The fourth-order valence-electron chi connectivity index (χ4n) is 3.57. The molecular formula is C23H18FN3O2S. The van der Waals surface area contributed by atoms with Gasteiger partial charge in [0.05, 0.1) is 5.69 Å². The Morgan fingerprint density at radius 2 is 1.67 bits per heavy atom. The standard InChI is InChI=1S/C23H18FN3O2S/c1-14-11-16(15(2)26(14)18-8-4-3-5-9-18)12-20-21(28)25-23(30)27(22(20)29)19-10-6-7-17(24)13-19/h3-13H,1-2H3,(H,25,28,30)/b20-12+. The third-order valence-corrected chi connectivity index (χ3v) is 5.24. The second-order valence-corrected chi connectivity index (χ2v) is 7.32. The van der Waals surface area contributed by atoms with E-state index in [-0.39, 0.29) is 16.4 Å². The third kappa shape index (κ3) is 3.44. The Kier molecular flexibility index (Phi) is 5.05. The predicted molar refractivity (Wildman–Crippen MR) is 118 cm³/mol. The van der Waals surface area contributed by atoms with Crippen molar-refractivity contribution in [2.75, 3.05) is 4.90 Å². The van der Waals surface area contributed by atoms with Gasteiger partial charge in [0.25, 0.3) is 11.8 Å². The molecule has 0 saturated carbocycles. The summed E-state index contributed by atoms with van der Waals surface area (Å²) >= 11 is 5.16. The summed E-state index contributed by atoms with van der Waals surface area (Å²) in [6, 6.07) is 17.2. The molecule has 1 aromatic heterocycles. The first-order valence-corrected chi connectivity index (χ1v) is 9.69. The molecule has 30 heavy (non-hydrogen) atoms. The number of amides is 2. The molecule has 1 fully saturated rings. The van der Waals surface area contributed by atoms with E-state index in [1.807, 2.05) is 54.8 Å². The van der Waals surface area contributed by atoms with Crippen molar-refractivity contribution in [3.63, 3.8) is 0 Å². The highest BCUT2D eigenvalue weighted by Crippen LogP contribution is 2.26. The van der Waals surface area contributed by atoms with E-state index in [0.29, 0.717) is 0 Å². The molecule has 1 aliphatic heterocycles. The van der Waals surface area contributed by atoms with Crippen LogP contribution in [0.3, 0.4) is 0 Å². The summed E-state index contributed by atoms with van der Waals surface area (Å²) in [7, 11) is 0. The first-order valence-electron chi connectivity index (χ1n) is 9.28. The van der Waals surface area contributed by atoms with Crippen LogP contribution in [0.4, 0.5) is 10.1 Å². The molecule has 7 heteroatoms. The van der Waals surface area contributed by atoms with E-state index >= 15 is 0 Å². The Labute approximate surface area is 178 Å². The van der Waals surface area contributed by atoms with Gasteiger partial charge < -0.3 is 4.57 Å². The number of hydrogen-bond donors (Lipinski definition) is 1. The van der Waals surface area contributed by atoms with Gasteiger partial charge in [-0.05, 0) is 74.1 Å². The molecule has 2 heterocycles. The van der Waals surface area contributed by atoms with E-state index in [4.69, 9.17) is 12.2 Å². The number of halogens is 1. The van der Waals surface area contributed by atoms with E-state index in [1.165, 1.54) is 18.2 Å². The molecule has 4 rings (SSSR count). The Morgan fingerprint density at radius 1 is 0.967 bits per heavy atom. The number of thiocarbonyl (C=S) groups is 1. The summed E-state index contributed by atoms with van der Waals surface area (Å²) in [6.07, 6.45) is 1.55.